The maximum Gasteiger partial charge on any atom is 0.238 e. The standard InChI is InChI=1S/C20H20ClN5O2/c21-15-2-1-3-19(10-15)28-18-6-4-16(5-7-18)24-20(27)12-25-9-8-17(11-25)26-14-22-13-23-26/h1-7,10,13-14,17H,8-9,11-12H2,(H,24,27). The molecule has 0 radical (unpaired) electrons. The van der Waals surface area contributed by atoms with Gasteiger partial charge in [-0.2, -0.15) is 5.10 Å². The van der Waals surface area contributed by atoms with Gasteiger partial charge in [0.2, 0.25) is 5.91 Å². The van der Waals surface area contributed by atoms with E-state index in [-0.39, 0.29) is 11.9 Å². The van der Waals surface area contributed by atoms with E-state index >= 15 is 0 Å². The highest BCUT2D eigenvalue weighted by Gasteiger charge is 2.25. The summed E-state index contributed by atoms with van der Waals surface area (Å²) in [5, 5.41) is 7.73. The number of carbonyl (C=O) groups excluding carboxylic acids is 1. The van der Waals surface area contributed by atoms with Crippen molar-refractivity contribution in [1.82, 2.24) is 19.7 Å². The number of nitrogens with zero attached hydrogens (tertiary/aromatic N) is 4. The first-order valence-corrected chi connectivity index (χ1v) is 9.43. The molecule has 0 saturated carbocycles. The number of anilines is 1. The molecular formula is C20H20ClN5O2. The summed E-state index contributed by atoms with van der Waals surface area (Å²) < 4.78 is 7.61. The first-order valence-electron chi connectivity index (χ1n) is 9.05. The molecule has 2 aromatic carbocycles. The van der Waals surface area contributed by atoms with Crippen LogP contribution in [-0.2, 0) is 4.79 Å². The molecule has 1 saturated heterocycles. The summed E-state index contributed by atoms with van der Waals surface area (Å²) in [4.78, 5) is 18.4. The van der Waals surface area contributed by atoms with Crippen molar-refractivity contribution >= 4 is 23.2 Å². The molecule has 1 aromatic heterocycles. The Bertz CT molecular complexity index is 930. The smallest absolute Gasteiger partial charge is 0.238 e. The van der Waals surface area contributed by atoms with Gasteiger partial charge in [-0.25, -0.2) is 9.67 Å². The summed E-state index contributed by atoms with van der Waals surface area (Å²) in [7, 11) is 0. The second-order valence-electron chi connectivity index (χ2n) is 6.69. The zero-order chi connectivity index (χ0) is 19.3. The Kier molecular flexibility index (Phi) is 5.55. The van der Waals surface area contributed by atoms with Gasteiger partial charge in [-0.05, 0) is 48.9 Å². The van der Waals surface area contributed by atoms with E-state index in [0.717, 1.165) is 25.2 Å². The molecule has 1 unspecified atom stereocenters. The van der Waals surface area contributed by atoms with Crippen LogP contribution in [0.3, 0.4) is 0 Å². The molecule has 1 aliphatic rings. The van der Waals surface area contributed by atoms with Gasteiger partial charge in [0.05, 0.1) is 12.6 Å². The maximum absolute atomic E-state index is 12.3. The minimum absolute atomic E-state index is 0.0391. The average Bonchev–Trinajstić information content (AvgIpc) is 3.35. The van der Waals surface area contributed by atoms with Crippen molar-refractivity contribution in [2.24, 2.45) is 0 Å². The van der Waals surface area contributed by atoms with Gasteiger partial charge < -0.3 is 10.1 Å². The van der Waals surface area contributed by atoms with Crippen molar-refractivity contribution in [3.05, 3.63) is 66.2 Å². The zero-order valence-corrected chi connectivity index (χ0v) is 15.9. The quantitative estimate of drug-likeness (QED) is 0.687. The molecule has 4 rings (SSSR count). The number of ether oxygens (including phenoxy) is 1. The second kappa shape index (κ2) is 8.41. The van der Waals surface area contributed by atoms with Crippen LogP contribution in [0.15, 0.2) is 61.2 Å². The molecule has 1 aliphatic heterocycles. The lowest BCUT2D eigenvalue weighted by molar-refractivity contribution is -0.117. The number of benzene rings is 2. The first kappa shape index (κ1) is 18.5. The Morgan fingerprint density at radius 1 is 1.21 bits per heavy atom. The number of hydrogen-bond acceptors (Lipinski definition) is 5. The maximum atomic E-state index is 12.3. The predicted octanol–water partition coefficient (Wildman–Crippen LogP) is 3.61. The van der Waals surface area contributed by atoms with Crippen LogP contribution in [0.2, 0.25) is 5.02 Å². The highest BCUT2D eigenvalue weighted by Crippen LogP contribution is 2.25. The van der Waals surface area contributed by atoms with Crippen molar-refractivity contribution in [3.63, 3.8) is 0 Å². The van der Waals surface area contributed by atoms with Crippen LogP contribution >= 0.6 is 11.6 Å². The number of nitrogens with one attached hydrogen (secondary N) is 1. The predicted molar refractivity (Wildman–Crippen MR) is 107 cm³/mol. The van der Waals surface area contributed by atoms with Gasteiger partial charge in [0, 0.05) is 23.8 Å². The van der Waals surface area contributed by atoms with Crippen molar-refractivity contribution in [3.8, 4) is 11.5 Å². The van der Waals surface area contributed by atoms with Crippen LogP contribution in [0.5, 0.6) is 11.5 Å². The van der Waals surface area contributed by atoms with E-state index < -0.39 is 0 Å². The largest absolute Gasteiger partial charge is 0.457 e. The fraction of sp³-hybridized carbons (Fsp3) is 0.250. The lowest BCUT2D eigenvalue weighted by Gasteiger charge is -2.16. The Morgan fingerprint density at radius 3 is 2.82 bits per heavy atom. The molecule has 28 heavy (non-hydrogen) atoms. The summed E-state index contributed by atoms with van der Waals surface area (Å²) in [6.45, 7) is 2.01. The number of rotatable bonds is 6. The molecule has 1 amide bonds. The lowest BCUT2D eigenvalue weighted by atomic mass is 10.3. The Balaban J connectivity index is 1.28. The van der Waals surface area contributed by atoms with Crippen molar-refractivity contribution in [1.29, 1.82) is 0 Å². The highest BCUT2D eigenvalue weighted by atomic mass is 35.5. The Morgan fingerprint density at radius 2 is 2.07 bits per heavy atom. The lowest BCUT2D eigenvalue weighted by Crippen LogP contribution is -2.31. The molecular weight excluding hydrogens is 378 g/mol. The van der Waals surface area contributed by atoms with Gasteiger partial charge >= 0.3 is 0 Å². The average molecular weight is 398 g/mol. The third-order valence-corrected chi connectivity index (χ3v) is 4.83. The zero-order valence-electron chi connectivity index (χ0n) is 15.2. The molecule has 1 N–H and O–H groups in total. The normalized spacial score (nSPS) is 16.8. The van der Waals surface area contributed by atoms with E-state index in [0.29, 0.717) is 23.1 Å². The third kappa shape index (κ3) is 4.68. The van der Waals surface area contributed by atoms with Crippen LogP contribution in [0.25, 0.3) is 0 Å². The fourth-order valence-electron chi connectivity index (χ4n) is 3.25. The van der Waals surface area contributed by atoms with E-state index in [1.54, 1.807) is 18.5 Å². The van der Waals surface area contributed by atoms with Crippen molar-refractivity contribution in [2.45, 2.75) is 12.5 Å². The van der Waals surface area contributed by atoms with E-state index in [1.165, 1.54) is 6.33 Å². The SMILES string of the molecule is O=C(CN1CCC(n2cncn2)C1)Nc1ccc(Oc2cccc(Cl)c2)cc1. The molecule has 0 aliphatic carbocycles. The molecule has 0 spiro atoms. The van der Waals surface area contributed by atoms with Gasteiger partial charge in [0.1, 0.15) is 24.2 Å². The van der Waals surface area contributed by atoms with E-state index in [1.807, 2.05) is 41.1 Å². The van der Waals surface area contributed by atoms with Gasteiger partial charge in [0.25, 0.3) is 0 Å². The van der Waals surface area contributed by atoms with Crippen LogP contribution in [0, 0.1) is 0 Å². The molecule has 7 nitrogen and oxygen atoms in total. The minimum Gasteiger partial charge on any atom is -0.457 e. The summed E-state index contributed by atoms with van der Waals surface area (Å²) >= 11 is 5.96. The highest BCUT2D eigenvalue weighted by molar-refractivity contribution is 6.30. The Labute approximate surface area is 167 Å². The molecule has 8 heteroatoms. The summed E-state index contributed by atoms with van der Waals surface area (Å²) in [5.74, 6) is 1.30. The van der Waals surface area contributed by atoms with Gasteiger partial charge in [-0.15, -0.1) is 0 Å². The number of carbonyl (C=O) groups is 1. The Hall–Kier alpha value is -2.90. The second-order valence-corrected chi connectivity index (χ2v) is 7.12. The third-order valence-electron chi connectivity index (χ3n) is 4.60. The number of likely N-dealkylation sites (tertiary alicyclic amines) is 1. The molecule has 2 heterocycles. The molecule has 0 bridgehead atoms. The van der Waals surface area contributed by atoms with Gasteiger partial charge in [-0.3, -0.25) is 9.69 Å². The molecule has 1 fully saturated rings. The number of halogens is 1. The number of aromatic nitrogens is 3. The molecule has 1 atom stereocenters. The monoisotopic (exact) mass is 397 g/mol. The molecule has 3 aromatic rings. The van der Waals surface area contributed by atoms with Gasteiger partial charge in [0.15, 0.2) is 0 Å². The summed E-state index contributed by atoms with van der Waals surface area (Å²) in [6.07, 6.45) is 4.22. The van der Waals surface area contributed by atoms with E-state index in [9.17, 15) is 4.79 Å². The summed E-state index contributed by atoms with van der Waals surface area (Å²) in [6, 6.07) is 14.8. The van der Waals surface area contributed by atoms with Crippen molar-refractivity contribution < 1.29 is 9.53 Å². The van der Waals surface area contributed by atoms with Crippen LogP contribution < -0.4 is 10.1 Å². The van der Waals surface area contributed by atoms with E-state index in [4.69, 9.17) is 16.3 Å². The van der Waals surface area contributed by atoms with Gasteiger partial charge in [-0.1, -0.05) is 17.7 Å². The topological polar surface area (TPSA) is 72.3 Å². The minimum atomic E-state index is -0.0391. The molecule has 144 valence electrons. The van der Waals surface area contributed by atoms with Crippen LogP contribution in [-0.4, -0.2) is 45.2 Å². The van der Waals surface area contributed by atoms with Crippen molar-refractivity contribution in [2.75, 3.05) is 25.0 Å². The van der Waals surface area contributed by atoms with Crippen LogP contribution in [0.1, 0.15) is 12.5 Å². The first-order chi connectivity index (χ1) is 13.7. The number of hydrogen-bond donors (Lipinski definition) is 1. The number of amides is 1. The fourth-order valence-corrected chi connectivity index (χ4v) is 3.43. The van der Waals surface area contributed by atoms with E-state index in [2.05, 4.69) is 20.3 Å². The summed E-state index contributed by atoms with van der Waals surface area (Å²) in [5.41, 5.74) is 0.732. The van der Waals surface area contributed by atoms with Crippen LogP contribution in [0.4, 0.5) is 5.69 Å².